The lowest BCUT2D eigenvalue weighted by molar-refractivity contribution is 0.0936. The molecule has 2 aromatic carbocycles. The molecule has 2 atom stereocenters. The molecule has 26 heavy (non-hydrogen) atoms. The highest BCUT2D eigenvalue weighted by Gasteiger charge is 2.18. The summed E-state index contributed by atoms with van der Waals surface area (Å²) < 4.78 is 13.9. The predicted molar refractivity (Wildman–Crippen MR) is 104 cm³/mol. The van der Waals surface area contributed by atoms with Gasteiger partial charge in [0.05, 0.1) is 11.6 Å². The zero-order chi connectivity index (χ0) is 18.7. The number of nitrogens with zero attached hydrogens (tertiary/aromatic N) is 1. The average Bonchev–Trinajstić information content (AvgIpc) is 2.61. The summed E-state index contributed by atoms with van der Waals surface area (Å²) in [5, 5.41) is 3.12. The number of carbonyl (C=O) groups excluding carboxylic acids is 1. The van der Waals surface area contributed by atoms with Gasteiger partial charge in [0.25, 0.3) is 5.91 Å². The third-order valence-corrected chi connectivity index (χ3v) is 5.17. The van der Waals surface area contributed by atoms with E-state index in [9.17, 15) is 9.18 Å². The van der Waals surface area contributed by atoms with Crippen molar-refractivity contribution in [1.82, 2.24) is 5.32 Å². The Balaban J connectivity index is 1.66. The Morgan fingerprint density at radius 1 is 1.27 bits per heavy atom. The highest BCUT2D eigenvalue weighted by Crippen LogP contribution is 2.25. The molecule has 5 heteroatoms. The van der Waals surface area contributed by atoms with Crippen molar-refractivity contribution in [3.63, 3.8) is 0 Å². The molecule has 1 aliphatic rings. The van der Waals surface area contributed by atoms with Gasteiger partial charge in [-0.2, -0.15) is 0 Å². The number of nitrogens with one attached hydrogen (secondary N) is 1. The van der Waals surface area contributed by atoms with Crippen molar-refractivity contribution in [2.75, 3.05) is 18.0 Å². The van der Waals surface area contributed by atoms with Crippen LogP contribution in [0.3, 0.4) is 0 Å². The van der Waals surface area contributed by atoms with Crippen LogP contribution in [0.15, 0.2) is 42.5 Å². The van der Waals surface area contributed by atoms with Crippen molar-refractivity contribution in [2.24, 2.45) is 5.92 Å². The van der Waals surface area contributed by atoms with Crippen molar-refractivity contribution >= 4 is 23.2 Å². The van der Waals surface area contributed by atoms with Gasteiger partial charge < -0.3 is 10.2 Å². The number of benzene rings is 2. The Labute approximate surface area is 159 Å². The van der Waals surface area contributed by atoms with Gasteiger partial charge in [-0.3, -0.25) is 4.79 Å². The number of hydrogen-bond donors (Lipinski definition) is 1. The first-order valence-electron chi connectivity index (χ1n) is 9.05. The molecule has 1 N–H and O–H groups in total. The van der Waals surface area contributed by atoms with Gasteiger partial charge >= 0.3 is 0 Å². The quantitative estimate of drug-likeness (QED) is 0.797. The molecule has 2 aromatic rings. The fourth-order valence-electron chi connectivity index (χ4n) is 3.43. The van der Waals surface area contributed by atoms with Gasteiger partial charge in [-0.25, -0.2) is 4.39 Å². The molecule has 1 amide bonds. The minimum atomic E-state index is -0.614. The van der Waals surface area contributed by atoms with Crippen molar-refractivity contribution in [1.29, 1.82) is 0 Å². The van der Waals surface area contributed by atoms with Crippen LogP contribution in [0.4, 0.5) is 10.1 Å². The van der Waals surface area contributed by atoms with Crippen LogP contribution in [0.2, 0.25) is 5.02 Å². The van der Waals surface area contributed by atoms with E-state index < -0.39 is 11.7 Å². The molecular formula is C21H24ClFN2O. The molecule has 0 unspecified atom stereocenters. The summed E-state index contributed by atoms with van der Waals surface area (Å²) in [7, 11) is 0. The summed E-state index contributed by atoms with van der Waals surface area (Å²) in [6.07, 6.45) is 2.51. The van der Waals surface area contributed by atoms with E-state index in [1.165, 1.54) is 30.7 Å². The molecular weight excluding hydrogens is 351 g/mol. The van der Waals surface area contributed by atoms with Gasteiger partial charge in [0.2, 0.25) is 0 Å². The number of halogens is 2. The summed E-state index contributed by atoms with van der Waals surface area (Å²) in [6, 6.07) is 12.1. The van der Waals surface area contributed by atoms with Crippen molar-refractivity contribution in [3.05, 3.63) is 64.4 Å². The monoisotopic (exact) mass is 374 g/mol. The van der Waals surface area contributed by atoms with E-state index in [0.29, 0.717) is 0 Å². The molecule has 3 nitrogen and oxygen atoms in total. The highest BCUT2D eigenvalue weighted by atomic mass is 35.5. The smallest absolute Gasteiger partial charge is 0.254 e. The van der Waals surface area contributed by atoms with E-state index >= 15 is 0 Å². The van der Waals surface area contributed by atoms with Crippen molar-refractivity contribution < 1.29 is 9.18 Å². The van der Waals surface area contributed by atoms with E-state index in [2.05, 4.69) is 29.3 Å². The summed E-state index contributed by atoms with van der Waals surface area (Å²) in [4.78, 5) is 14.7. The lowest BCUT2D eigenvalue weighted by Gasteiger charge is -2.33. The Hall–Kier alpha value is -2.07. The van der Waals surface area contributed by atoms with Crippen LogP contribution in [0.5, 0.6) is 0 Å². The van der Waals surface area contributed by atoms with E-state index in [-0.39, 0.29) is 16.6 Å². The molecule has 0 aromatic heterocycles. The van der Waals surface area contributed by atoms with E-state index in [4.69, 9.17) is 11.6 Å². The number of carbonyl (C=O) groups is 1. The molecule has 1 saturated heterocycles. The number of anilines is 1. The molecule has 1 aliphatic heterocycles. The molecule has 1 heterocycles. The second kappa shape index (κ2) is 8.09. The van der Waals surface area contributed by atoms with Crippen LogP contribution in [-0.2, 0) is 0 Å². The number of piperidine rings is 1. The first-order valence-corrected chi connectivity index (χ1v) is 9.42. The Morgan fingerprint density at radius 2 is 2.00 bits per heavy atom. The molecule has 138 valence electrons. The lowest BCUT2D eigenvalue weighted by Crippen LogP contribution is -2.34. The molecule has 0 spiro atoms. The largest absolute Gasteiger partial charge is 0.371 e. The number of amides is 1. The van der Waals surface area contributed by atoms with Crippen LogP contribution in [0.1, 0.15) is 48.7 Å². The average molecular weight is 375 g/mol. The van der Waals surface area contributed by atoms with Gasteiger partial charge in [0, 0.05) is 23.8 Å². The summed E-state index contributed by atoms with van der Waals surface area (Å²) >= 11 is 5.74. The molecule has 0 aliphatic carbocycles. The molecule has 1 fully saturated rings. The second-order valence-corrected chi connectivity index (χ2v) is 7.54. The molecule has 3 rings (SSSR count). The Kier molecular flexibility index (Phi) is 5.82. The molecule has 0 saturated carbocycles. The van der Waals surface area contributed by atoms with Gasteiger partial charge in [0.1, 0.15) is 5.82 Å². The third kappa shape index (κ3) is 4.36. The van der Waals surface area contributed by atoms with Crippen molar-refractivity contribution in [3.8, 4) is 0 Å². The van der Waals surface area contributed by atoms with Crippen LogP contribution in [-0.4, -0.2) is 19.0 Å². The highest BCUT2D eigenvalue weighted by molar-refractivity contribution is 6.30. The fourth-order valence-corrected chi connectivity index (χ4v) is 3.59. The minimum absolute atomic E-state index is 0.000162. The standard InChI is InChI=1S/C21H24ClFN2O/c1-14-4-3-11-25(13-14)18-8-5-16(6-9-18)15(2)24-21(26)19-10-7-17(22)12-20(19)23/h5-10,12,14-15H,3-4,11,13H2,1-2H3,(H,24,26)/t14-,15+/m1/s1. The Morgan fingerprint density at radius 3 is 2.65 bits per heavy atom. The first kappa shape index (κ1) is 18.7. The van der Waals surface area contributed by atoms with E-state index in [1.54, 1.807) is 0 Å². The zero-order valence-corrected chi connectivity index (χ0v) is 15.9. The van der Waals surface area contributed by atoms with Crippen LogP contribution < -0.4 is 10.2 Å². The van der Waals surface area contributed by atoms with Gasteiger partial charge in [-0.15, -0.1) is 0 Å². The normalized spacial score (nSPS) is 18.5. The van der Waals surface area contributed by atoms with Crippen LogP contribution >= 0.6 is 11.6 Å². The maximum Gasteiger partial charge on any atom is 0.254 e. The summed E-state index contributed by atoms with van der Waals surface area (Å²) in [6.45, 7) is 6.35. The van der Waals surface area contributed by atoms with Crippen LogP contribution in [0.25, 0.3) is 0 Å². The lowest BCUT2D eigenvalue weighted by atomic mass is 9.99. The van der Waals surface area contributed by atoms with E-state index in [1.807, 2.05) is 19.1 Å². The van der Waals surface area contributed by atoms with Gasteiger partial charge in [-0.05, 0) is 61.6 Å². The number of rotatable bonds is 4. The predicted octanol–water partition coefficient (Wildman–Crippen LogP) is 5.21. The molecule has 0 radical (unpaired) electrons. The maximum atomic E-state index is 13.9. The summed E-state index contributed by atoms with van der Waals surface area (Å²) in [5.74, 6) is -0.340. The second-order valence-electron chi connectivity index (χ2n) is 7.10. The van der Waals surface area contributed by atoms with Crippen molar-refractivity contribution in [2.45, 2.75) is 32.7 Å². The first-order chi connectivity index (χ1) is 12.4. The third-order valence-electron chi connectivity index (χ3n) is 4.94. The number of hydrogen-bond acceptors (Lipinski definition) is 2. The fraction of sp³-hybridized carbons (Fsp3) is 0.381. The minimum Gasteiger partial charge on any atom is -0.371 e. The SMILES string of the molecule is C[C@@H]1CCCN(c2ccc([C@H](C)NC(=O)c3ccc(Cl)cc3F)cc2)C1. The Bertz CT molecular complexity index is 778. The topological polar surface area (TPSA) is 32.3 Å². The van der Waals surface area contributed by atoms with Gasteiger partial charge in [0.15, 0.2) is 0 Å². The maximum absolute atomic E-state index is 13.9. The summed E-state index contributed by atoms with van der Waals surface area (Å²) in [5.41, 5.74) is 2.20. The van der Waals surface area contributed by atoms with Gasteiger partial charge in [-0.1, -0.05) is 30.7 Å². The zero-order valence-electron chi connectivity index (χ0n) is 15.1. The van der Waals surface area contributed by atoms with E-state index in [0.717, 1.165) is 30.6 Å². The molecule has 0 bridgehead atoms. The van der Waals surface area contributed by atoms with Crippen LogP contribution in [0, 0.1) is 11.7 Å².